The van der Waals surface area contributed by atoms with Crippen LogP contribution in [0, 0.1) is 6.92 Å². The highest BCUT2D eigenvalue weighted by Gasteiger charge is 2.31. The first-order valence-electron chi connectivity index (χ1n) is 6.40. The lowest BCUT2D eigenvalue weighted by atomic mass is 9.99. The van der Waals surface area contributed by atoms with Gasteiger partial charge in [0.2, 0.25) is 5.91 Å². The molecule has 1 aromatic rings. The molecule has 2 amide bonds. The van der Waals surface area contributed by atoms with Crippen molar-refractivity contribution < 1.29 is 14.7 Å². The number of phenols is 1. The maximum absolute atomic E-state index is 12.5. The molecule has 0 bridgehead atoms. The molecule has 19 heavy (non-hydrogen) atoms. The number of nitrogens with two attached hydrogens (primary N) is 1. The molecule has 1 fully saturated rings. The summed E-state index contributed by atoms with van der Waals surface area (Å²) < 4.78 is 0. The lowest BCUT2D eigenvalue weighted by Gasteiger charge is -2.34. The van der Waals surface area contributed by atoms with Crippen LogP contribution in [0.3, 0.4) is 0 Å². The summed E-state index contributed by atoms with van der Waals surface area (Å²) in [7, 11) is 0. The smallest absolute Gasteiger partial charge is 0.254 e. The topological polar surface area (TPSA) is 83.6 Å². The number of phenolic OH excluding ortho intramolecular Hbond substituents is 1. The molecular weight excluding hydrogens is 244 g/mol. The lowest BCUT2D eigenvalue weighted by molar-refractivity contribution is -0.123. The third-order valence-electron chi connectivity index (χ3n) is 3.53. The number of benzene rings is 1. The number of primary amides is 1. The molecule has 5 nitrogen and oxygen atoms in total. The third kappa shape index (κ3) is 2.70. The standard InChI is InChI=1S/C14H18N2O3/c1-9-8-10(17)5-6-11(9)14(19)16-7-3-2-4-12(16)13(15)18/h5-6,8,12,17H,2-4,7H2,1H3,(H2,15,18). The van der Waals surface area contributed by atoms with E-state index in [9.17, 15) is 14.7 Å². The molecule has 1 atom stereocenters. The van der Waals surface area contributed by atoms with E-state index in [1.165, 1.54) is 12.1 Å². The van der Waals surface area contributed by atoms with Gasteiger partial charge < -0.3 is 15.7 Å². The first-order valence-corrected chi connectivity index (χ1v) is 6.40. The SMILES string of the molecule is Cc1cc(O)ccc1C(=O)N1CCCCC1C(N)=O. The molecule has 0 aliphatic carbocycles. The van der Waals surface area contributed by atoms with Gasteiger partial charge in [-0.1, -0.05) is 0 Å². The first kappa shape index (κ1) is 13.4. The van der Waals surface area contributed by atoms with Crippen LogP contribution in [-0.4, -0.2) is 34.4 Å². The summed E-state index contributed by atoms with van der Waals surface area (Å²) >= 11 is 0. The van der Waals surface area contributed by atoms with Gasteiger partial charge in [-0.15, -0.1) is 0 Å². The number of amides is 2. The maximum atomic E-state index is 12.5. The Kier molecular flexibility index (Phi) is 3.74. The zero-order valence-electron chi connectivity index (χ0n) is 10.9. The molecule has 0 spiro atoms. The van der Waals surface area contributed by atoms with Crippen LogP contribution in [-0.2, 0) is 4.79 Å². The number of piperidine rings is 1. The number of rotatable bonds is 2. The van der Waals surface area contributed by atoms with Crippen molar-refractivity contribution in [3.63, 3.8) is 0 Å². The predicted molar refractivity (Wildman–Crippen MR) is 70.7 cm³/mol. The highest BCUT2D eigenvalue weighted by Crippen LogP contribution is 2.22. The van der Waals surface area contributed by atoms with Crippen LogP contribution >= 0.6 is 0 Å². The molecular formula is C14H18N2O3. The van der Waals surface area contributed by atoms with Gasteiger partial charge >= 0.3 is 0 Å². The van der Waals surface area contributed by atoms with Gasteiger partial charge in [0.25, 0.3) is 5.91 Å². The minimum absolute atomic E-state index is 0.124. The summed E-state index contributed by atoms with van der Waals surface area (Å²) in [6.45, 7) is 2.31. The second-order valence-corrected chi connectivity index (χ2v) is 4.91. The molecule has 1 aliphatic rings. The van der Waals surface area contributed by atoms with Crippen LogP contribution in [0.25, 0.3) is 0 Å². The summed E-state index contributed by atoms with van der Waals surface area (Å²) in [6, 6.07) is 4.08. The van der Waals surface area contributed by atoms with Crippen LogP contribution in [0.4, 0.5) is 0 Å². The van der Waals surface area contributed by atoms with E-state index in [0.717, 1.165) is 12.8 Å². The summed E-state index contributed by atoms with van der Waals surface area (Å²) in [6.07, 6.45) is 2.41. The Morgan fingerprint density at radius 1 is 1.37 bits per heavy atom. The van der Waals surface area contributed by atoms with E-state index in [1.54, 1.807) is 17.9 Å². The van der Waals surface area contributed by atoms with E-state index in [1.807, 2.05) is 0 Å². The zero-order valence-corrected chi connectivity index (χ0v) is 10.9. The van der Waals surface area contributed by atoms with Crippen molar-refractivity contribution in [2.45, 2.75) is 32.2 Å². The lowest BCUT2D eigenvalue weighted by Crippen LogP contribution is -2.50. The number of carbonyl (C=O) groups excluding carboxylic acids is 2. The van der Waals surface area contributed by atoms with Gasteiger partial charge in [0.1, 0.15) is 11.8 Å². The van der Waals surface area contributed by atoms with E-state index in [2.05, 4.69) is 0 Å². The second-order valence-electron chi connectivity index (χ2n) is 4.91. The Morgan fingerprint density at radius 2 is 2.11 bits per heavy atom. The zero-order chi connectivity index (χ0) is 14.0. The van der Waals surface area contributed by atoms with Crippen molar-refractivity contribution in [1.29, 1.82) is 0 Å². The Morgan fingerprint density at radius 3 is 2.74 bits per heavy atom. The highest BCUT2D eigenvalue weighted by molar-refractivity contribution is 5.98. The number of hydrogen-bond donors (Lipinski definition) is 2. The molecule has 0 saturated carbocycles. The van der Waals surface area contributed by atoms with Crippen molar-refractivity contribution >= 4 is 11.8 Å². The molecule has 0 aromatic heterocycles. The fourth-order valence-electron chi connectivity index (χ4n) is 2.51. The van der Waals surface area contributed by atoms with Crippen molar-refractivity contribution in [1.82, 2.24) is 4.90 Å². The molecule has 0 radical (unpaired) electrons. The monoisotopic (exact) mass is 262 g/mol. The van der Waals surface area contributed by atoms with E-state index < -0.39 is 11.9 Å². The molecule has 2 rings (SSSR count). The number of carbonyl (C=O) groups is 2. The molecule has 102 valence electrons. The van der Waals surface area contributed by atoms with Crippen LogP contribution in [0.15, 0.2) is 18.2 Å². The van der Waals surface area contributed by atoms with Gasteiger partial charge in [-0.25, -0.2) is 0 Å². The Labute approximate surface area is 112 Å². The molecule has 5 heteroatoms. The minimum atomic E-state index is -0.519. The van der Waals surface area contributed by atoms with Crippen LogP contribution < -0.4 is 5.73 Å². The number of nitrogens with zero attached hydrogens (tertiary/aromatic N) is 1. The molecule has 1 aromatic carbocycles. The largest absolute Gasteiger partial charge is 0.508 e. The number of hydrogen-bond acceptors (Lipinski definition) is 3. The van der Waals surface area contributed by atoms with Crippen molar-refractivity contribution in [2.75, 3.05) is 6.54 Å². The summed E-state index contributed by atoms with van der Waals surface area (Å²) in [4.78, 5) is 25.5. The van der Waals surface area contributed by atoms with Gasteiger partial charge in [0, 0.05) is 12.1 Å². The minimum Gasteiger partial charge on any atom is -0.508 e. The van der Waals surface area contributed by atoms with E-state index >= 15 is 0 Å². The highest BCUT2D eigenvalue weighted by atomic mass is 16.3. The molecule has 1 heterocycles. The summed E-state index contributed by atoms with van der Waals surface area (Å²) in [5, 5.41) is 9.37. The fourth-order valence-corrected chi connectivity index (χ4v) is 2.51. The van der Waals surface area contributed by atoms with Gasteiger partial charge in [0.15, 0.2) is 0 Å². The van der Waals surface area contributed by atoms with Crippen LogP contribution in [0.1, 0.15) is 35.2 Å². The fraction of sp³-hybridized carbons (Fsp3) is 0.429. The van der Waals surface area contributed by atoms with Crippen molar-refractivity contribution in [2.24, 2.45) is 5.73 Å². The van der Waals surface area contributed by atoms with E-state index in [4.69, 9.17) is 5.73 Å². The second kappa shape index (κ2) is 5.30. The van der Waals surface area contributed by atoms with Gasteiger partial charge in [-0.3, -0.25) is 9.59 Å². The van der Waals surface area contributed by atoms with Gasteiger partial charge in [0.05, 0.1) is 0 Å². The molecule has 3 N–H and O–H groups in total. The summed E-state index contributed by atoms with van der Waals surface area (Å²) in [5.41, 5.74) is 6.56. The third-order valence-corrected chi connectivity index (χ3v) is 3.53. The van der Waals surface area contributed by atoms with Gasteiger partial charge in [-0.05, 0) is 49.9 Å². The Balaban J connectivity index is 2.28. The molecule has 1 saturated heterocycles. The van der Waals surface area contributed by atoms with Crippen molar-refractivity contribution in [3.05, 3.63) is 29.3 Å². The number of aryl methyl sites for hydroxylation is 1. The number of likely N-dealkylation sites (tertiary alicyclic amines) is 1. The quantitative estimate of drug-likeness (QED) is 0.839. The number of aromatic hydroxyl groups is 1. The Bertz CT molecular complexity index is 513. The first-order chi connectivity index (χ1) is 9.00. The van der Waals surface area contributed by atoms with E-state index in [0.29, 0.717) is 24.1 Å². The predicted octanol–water partition coefficient (Wildman–Crippen LogP) is 1.18. The van der Waals surface area contributed by atoms with Crippen LogP contribution in [0.2, 0.25) is 0 Å². The summed E-state index contributed by atoms with van der Waals surface area (Å²) in [5.74, 6) is -0.523. The van der Waals surface area contributed by atoms with Crippen LogP contribution in [0.5, 0.6) is 5.75 Å². The molecule has 1 aliphatic heterocycles. The Hall–Kier alpha value is -2.04. The van der Waals surface area contributed by atoms with Gasteiger partial charge in [-0.2, -0.15) is 0 Å². The average molecular weight is 262 g/mol. The normalized spacial score (nSPS) is 19.2. The maximum Gasteiger partial charge on any atom is 0.254 e. The van der Waals surface area contributed by atoms with Crippen molar-refractivity contribution in [3.8, 4) is 5.75 Å². The molecule has 1 unspecified atom stereocenters. The average Bonchev–Trinajstić information content (AvgIpc) is 2.38. The van der Waals surface area contributed by atoms with E-state index in [-0.39, 0.29) is 11.7 Å².